The van der Waals surface area contributed by atoms with Crippen LogP contribution in [0.25, 0.3) is 11.3 Å². The van der Waals surface area contributed by atoms with Crippen LogP contribution in [0.4, 0.5) is 4.39 Å². The summed E-state index contributed by atoms with van der Waals surface area (Å²) >= 11 is 0. The standard InChI is InChI=1S/C13H14FNO/c1-9-3-4-10(7-12(9)14)13-6-5-11(16-13)8-15-2/h3-7,15H,8H2,1-2H3. The number of aryl methyl sites for hydroxylation is 1. The van der Waals surface area contributed by atoms with E-state index in [0.29, 0.717) is 17.9 Å². The van der Waals surface area contributed by atoms with Gasteiger partial charge in [0.2, 0.25) is 0 Å². The SMILES string of the molecule is CNCc1ccc(-c2ccc(C)c(F)c2)o1. The summed E-state index contributed by atoms with van der Waals surface area (Å²) in [5.74, 6) is 1.34. The predicted octanol–water partition coefficient (Wildman–Crippen LogP) is 3.11. The molecular weight excluding hydrogens is 205 g/mol. The highest BCUT2D eigenvalue weighted by molar-refractivity contribution is 5.58. The average molecular weight is 219 g/mol. The summed E-state index contributed by atoms with van der Waals surface area (Å²) in [5.41, 5.74) is 1.41. The molecule has 2 aromatic rings. The van der Waals surface area contributed by atoms with Crippen molar-refractivity contribution in [1.29, 1.82) is 0 Å². The molecule has 0 bridgehead atoms. The van der Waals surface area contributed by atoms with Gasteiger partial charge in [0.15, 0.2) is 0 Å². The van der Waals surface area contributed by atoms with E-state index >= 15 is 0 Å². The molecule has 16 heavy (non-hydrogen) atoms. The molecule has 0 saturated carbocycles. The summed E-state index contributed by atoms with van der Waals surface area (Å²) < 4.78 is 18.9. The highest BCUT2D eigenvalue weighted by Gasteiger charge is 2.06. The Morgan fingerprint density at radius 3 is 2.75 bits per heavy atom. The Hall–Kier alpha value is -1.61. The summed E-state index contributed by atoms with van der Waals surface area (Å²) in [6, 6.07) is 8.86. The number of furan rings is 1. The molecule has 2 nitrogen and oxygen atoms in total. The maximum absolute atomic E-state index is 13.4. The molecule has 2 rings (SSSR count). The van der Waals surface area contributed by atoms with E-state index in [1.807, 2.05) is 25.2 Å². The third-order valence-electron chi connectivity index (χ3n) is 2.47. The van der Waals surface area contributed by atoms with E-state index in [9.17, 15) is 4.39 Å². The van der Waals surface area contributed by atoms with E-state index in [0.717, 1.165) is 11.3 Å². The van der Waals surface area contributed by atoms with Crippen molar-refractivity contribution in [3.05, 3.63) is 47.5 Å². The molecular formula is C13H14FNO. The topological polar surface area (TPSA) is 25.2 Å². The minimum Gasteiger partial charge on any atom is -0.460 e. The lowest BCUT2D eigenvalue weighted by molar-refractivity contribution is 0.506. The molecule has 1 aromatic carbocycles. The lowest BCUT2D eigenvalue weighted by atomic mass is 10.1. The molecule has 1 heterocycles. The highest BCUT2D eigenvalue weighted by atomic mass is 19.1. The molecule has 3 heteroatoms. The Kier molecular flexibility index (Phi) is 3.06. The van der Waals surface area contributed by atoms with E-state index < -0.39 is 0 Å². The second-order valence-electron chi connectivity index (χ2n) is 3.76. The zero-order valence-corrected chi connectivity index (χ0v) is 9.38. The van der Waals surface area contributed by atoms with E-state index in [1.54, 1.807) is 13.0 Å². The quantitative estimate of drug-likeness (QED) is 0.858. The number of halogens is 1. The molecule has 0 unspecified atom stereocenters. The number of benzene rings is 1. The molecule has 0 atom stereocenters. The monoisotopic (exact) mass is 219 g/mol. The number of hydrogen-bond acceptors (Lipinski definition) is 2. The van der Waals surface area contributed by atoms with Crippen LogP contribution in [0.2, 0.25) is 0 Å². The highest BCUT2D eigenvalue weighted by Crippen LogP contribution is 2.23. The Morgan fingerprint density at radius 2 is 2.06 bits per heavy atom. The fourth-order valence-electron chi connectivity index (χ4n) is 1.55. The van der Waals surface area contributed by atoms with Gasteiger partial charge in [-0.05, 0) is 37.7 Å². The van der Waals surface area contributed by atoms with Crippen LogP contribution in [0.1, 0.15) is 11.3 Å². The first-order valence-electron chi connectivity index (χ1n) is 5.20. The zero-order chi connectivity index (χ0) is 11.5. The van der Waals surface area contributed by atoms with Crippen molar-refractivity contribution < 1.29 is 8.81 Å². The minimum absolute atomic E-state index is 0.205. The van der Waals surface area contributed by atoms with E-state index in [2.05, 4.69) is 5.32 Å². The molecule has 0 fully saturated rings. The molecule has 0 aliphatic carbocycles. The van der Waals surface area contributed by atoms with Gasteiger partial charge in [0.05, 0.1) is 6.54 Å². The van der Waals surface area contributed by atoms with Gasteiger partial charge in [-0.3, -0.25) is 0 Å². The number of nitrogens with one attached hydrogen (secondary N) is 1. The van der Waals surface area contributed by atoms with Gasteiger partial charge in [-0.25, -0.2) is 4.39 Å². The predicted molar refractivity (Wildman–Crippen MR) is 61.6 cm³/mol. The maximum Gasteiger partial charge on any atom is 0.134 e. The summed E-state index contributed by atoms with van der Waals surface area (Å²) in [4.78, 5) is 0. The molecule has 1 N–H and O–H groups in total. The van der Waals surface area contributed by atoms with E-state index in [1.165, 1.54) is 6.07 Å². The molecule has 0 amide bonds. The third kappa shape index (κ3) is 2.14. The summed E-state index contributed by atoms with van der Waals surface area (Å²) in [6.45, 7) is 2.42. The van der Waals surface area contributed by atoms with Crippen LogP contribution in [0, 0.1) is 12.7 Å². The summed E-state index contributed by atoms with van der Waals surface area (Å²) in [5, 5.41) is 3.00. The van der Waals surface area contributed by atoms with Gasteiger partial charge < -0.3 is 9.73 Å². The van der Waals surface area contributed by atoms with Crippen molar-refractivity contribution in [2.75, 3.05) is 7.05 Å². The Labute approximate surface area is 94.1 Å². The van der Waals surface area contributed by atoms with Crippen molar-refractivity contribution in [3.63, 3.8) is 0 Å². The van der Waals surface area contributed by atoms with Crippen molar-refractivity contribution >= 4 is 0 Å². The molecule has 84 valence electrons. The fraction of sp³-hybridized carbons (Fsp3) is 0.231. The van der Waals surface area contributed by atoms with E-state index in [4.69, 9.17) is 4.42 Å². The first-order valence-corrected chi connectivity index (χ1v) is 5.20. The number of rotatable bonds is 3. The summed E-state index contributed by atoms with van der Waals surface area (Å²) in [6.07, 6.45) is 0. The van der Waals surface area contributed by atoms with Crippen molar-refractivity contribution in [2.24, 2.45) is 0 Å². The lowest BCUT2D eigenvalue weighted by Gasteiger charge is -2.00. The van der Waals surface area contributed by atoms with Crippen LogP contribution in [0.15, 0.2) is 34.7 Å². The van der Waals surface area contributed by atoms with Gasteiger partial charge in [-0.2, -0.15) is 0 Å². The smallest absolute Gasteiger partial charge is 0.134 e. The maximum atomic E-state index is 13.4. The van der Waals surface area contributed by atoms with Gasteiger partial charge >= 0.3 is 0 Å². The van der Waals surface area contributed by atoms with Crippen LogP contribution >= 0.6 is 0 Å². The molecule has 0 radical (unpaired) electrons. The Bertz CT molecular complexity index is 490. The van der Waals surface area contributed by atoms with Crippen LogP contribution in [0.3, 0.4) is 0 Å². The zero-order valence-electron chi connectivity index (χ0n) is 9.38. The Morgan fingerprint density at radius 1 is 1.25 bits per heavy atom. The lowest BCUT2D eigenvalue weighted by Crippen LogP contribution is -2.03. The minimum atomic E-state index is -0.205. The number of hydrogen-bond donors (Lipinski definition) is 1. The van der Waals surface area contributed by atoms with Crippen LogP contribution in [0.5, 0.6) is 0 Å². The molecule has 0 spiro atoms. The molecule has 0 saturated heterocycles. The molecule has 0 aliphatic rings. The van der Waals surface area contributed by atoms with Gasteiger partial charge in [0.1, 0.15) is 17.3 Å². The normalized spacial score (nSPS) is 10.7. The van der Waals surface area contributed by atoms with Gasteiger partial charge in [-0.15, -0.1) is 0 Å². The Balaban J connectivity index is 2.31. The van der Waals surface area contributed by atoms with Crippen LogP contribution < -0.4 is 5.32 Å². The largest absolute Gasteiger partial charge is 0.460 e. The van der Waals surface area contributed by atoms with Gasteiger partial charge in [0, 0.05) is 5.56 Å². The second-order valence-corrected chi connectivity index (χ2v) is 3.76. The molecule has 1 aromatic heterocycles. The van der Waals surface area contributed by atoms with Crippen molar-refractivity contribution in [2.45, 2.75) is 13.5 Å². The average Bonchev–Trinajstić information content (AvgIpc) is 2.71. The first kappa shape index (κ1) is 10.9. The summed E-state index contributed by atoms with van der Waals surface area (Å²) in [7, 11) is 1.85. The first-order chi connectivity index (χ1) is 7.70. The van der Waals surface area contributed by atoms with E-state index in [-0.39, 0.29) is 5.82 Å². The van der Waals surface area contributed by atoms with Crippen LogP contribution in [-0.4, -0.2) is 7.05 Å². The van der Waals surface area contributed by atoms with Gasteiger partial charge in [0.25, 0.3) is 0 Å². The van der Waals surface area contributed by atoms with Crippen molar-refractivity contribution in [1.82, 2.24) is 5.32 Å². The molecule has 0 aliphatic heterocycles. The van der Waals surface area contributed by atoms with Gasteiger partial charge in [-0.1, -0.05) is 12.1 Å². The third-order valence-corrected chi connectivity index (χ3v) is 2.47. The second kappa shape index (κ2) is 4.49. The van der Waals surface area contributed by atoms with Crippen LogP contribution in [-0.2, 0) is 6.54 Å². The van der Waals surface area contributed by atoms with Crippen molar-refractivity contribution in [3.8, 4) is 11.3 Å². The fourth-order valence-corrected chi connectivity index (χ4v) is 1.55.